The Morgan fingerprint density at radius 2 is 1.97 bits per heavy atom. The Morgan fingerprint density at radius 1 is 1.28 bits per heavy atom. The quantitative estimate of drug-likeness (QED) is 0.722. The predicted molar refractivity (Wildman–Crippen MR) is 98.0 cm³/mol. The zero-order valence-electron chi connectivity index (χ0n) is 15.9. The highest BCUT2D eigenvalue weighted by Gasteiger charge is 2.29. The van der Waals surface area contributed by atoms with Gasteiger partial charge in [0.1, 0.15) is 10.8 Å². The molecule has 1 saturated heterocycles. The summed E-state index contributed by atoms with van der Waals surface area (Å²) in [6.45, 7) is 5.31. The Kier molecular flexibility index (Phi) is 6.33. The highest BCUT2D eigenvalue weighted by molar-refractivity contribution is 6.32. The van der Waals surface area contributed by atoms with E-state index in [1.54, 1.807) is 4.90 Å². The highest BCUT2D eigenvalue weighted by Crippen LogP contribution is 2.26. The van der Waals surface area contributed by atoms with Crippen LogP contribution in [0.1, 0.15) is 27.4 Å². The highest BCUT2D eigenvalue weighted by atomic mass is 35.5. The van der Waals surface area contributed by atoms with Gasteiger partial charge in [-0.1, -0.05) is 16.8 Å². The molecule has 11 heteroatoms. The second-order valence-electron chi connectivity index (χ2n) is 6.79. The Balaban J connectivity index is 1.57. The van der Waals surface area contributed by atoms with Crippen molar-refractivity contribution >= 4 is 17.5 Å². The second-order valence-corrected chi connectivity index (χ2v) is 7.19. The molecule has 2 aromatic rings. The van der Waals surface area contributed by atoms with Crippen LogP contribution in [0.25, 0.3) is 0 Å². The lowest BCUT2D eigenvalue weighted by molar-refractivity contribution is -0.154. The largest absolute Gasteiger partial charge is 0.467 e. The molecular weight excluding hydrogens is 413 g/mol. The van der Waals surface area contributed by atoms with Gasteiger partial charge >= 0.3 is 6.18 Å². The summed E-state index contributed by atoms with van der Waals surface area (Å²) in [7, 11) is 0. The van der Waals surface area contributed by atoms with Crippen molar-refractivity contribution in [3.8, 4) is 5.88 Å². The number of pyridine rings is 1. The molecule has 0 radical (unpaired) electrons. The molecule has 2 aromatic heterocycles. The summed E-state index contributed by atoms with van der Waals surface area (Å²) in [6.07, 6.45) is -3.32. The molecule has 0 bridgehead atoms. The van der Waals surface area contributed by atoms with E-state index in [1.807, 2.05) is 13.8 Å². The number of carbonyl (C=O) groups is 1. The van der Waals surface area contributed by atoms with E-state index in [0.29, 0.717) is 32.7 Å². The predicted octanol–water partition coefficient (Wildman–Crippen LogP) is 3.24. The Bertz CT molecular complexity index is 860. The van der Waals surface area contributed by atoms with E-state index in [4.69, 9.17) is 16.1 Å². The smallest absolute Gasteiger partial charge is 0.422 e. The molecule has 1 aliphatic heterocycles. The van der Waals surface area contributed by atoms with Crippen molar-refractivity contribution in [3.63, 3.8) is 0 Å². The SMILES string of the molecule is Cc1noc(C)c1CN1CCN(C(=O)c2cnc(OCC(F)(F)F)c(Cl)c2)CC1. The van der Waals surface area contributed by atoms with Gasteiger partial charge in [0.05, 0.1) is 11.3 Å². The molecule has 0 N–H and O–H groups in total. The number of hydrogen-bond acceptors (Lipinski definition) is 6. The van der Waals surface area contributed by atoms with Crippen LogP contribution in [0.2, 0.25) is 5.02 Å². The maximum atomic E-state index is 12.7. The first kappa shape index (κ1) is 21.4. The first-order chi connectivity index (χ1) is 13.6. The molecular formula is C18H20ClF3N4O3. The zero-order chi connectivity index (χ0) is 21.2. The van der Waals surface area contributed by atoms with Gasteiger partial charge in [-0.3, -0.25) is 9.69 Å². The van der Waals surface area contributed by atoms with Gasteiger partial charge < -0.3 is 14.2 Å². The van der Waals surface area contributed by atoms with E-state index < -0.39 is 12.8 Å². The number of nitrogens with zero attached hydrogens (tertiary/aromatic N) is 4. The molecule has 0 aliphatic carbocycles. The van der Waals surface area contributed by atoms with E-state index in [2.05, 4.69) is 19.8 Å². The summed E-state index contributed by atoms with van der Waals surface area (Å²) in [5.74, 6) is 0.151. The van der Waals surface area contributed by atoms with Crippen LogP contribution in [-0.4, -0.2) is 64.8 Å². The van der Waals surface area contributed by atoms with Gasteiger partial charge in [-0.15, -0.1) is 0 Å². The summed E-state index contributed by atoms with van der Waals surface area (Å²) >= 11 is 5.92. The topological polar surface area (TPSA) is 71.7 Å². The van der Waals surface area contributed by atoms with Crippen molar-refractivity contribution in [2.75, 3.05) is 32.8 Å². The van der Waals surface area contributed by atoms with E-state index in [-0.39, 0.29) is 22.4 Å². The molecule has 0 unspecified atom stereocenters. The lowest BCUT2D eigenvalue weighted by Crippen LogP contribution is -2.48. The fourth-order valence-electron chi connectivity index (χ4n) is 3.04. The summed E-state index contributed by atoms with van der Waals surface area (Å²) < 4.78 is 46.5. The summed E-state index contributed by atoms with van der Waals surface area (Å²) in [4.78, 5) is 20.3. The van der Waals surface area contributed by atoms with Crippen molar-refractivity contribution < 1.29 is 27.2 Å². The third-order valence-corrected chi connectivity index (χ3v) is 4.92. The number of ether oxygens (including phenoxy) is 1. The average molecular weight is 433 g/mol. The van der Waals surface area contributed by atoms with E-state index >= 15 is 0 Å². The number of halogens is 4. The minimum Gasteiger partial charge on any atom is -0.467 e. The molecule has 3 heterocycles. The zero-order valence-corrected chi connectivity index (χ0v) is 16.7. The van der Waals surface area contributed by atoms with Gasteiger partial charge in [0.2, 0.25) is 5.88 Å². The van der Waals surface area contributed by atoms with Gasteiger partial charge in [-0.2, -0.15) is 13.2 Å². The third kappa shape index (κ3) is 5.39. The molecule has 0 spiro atoms. The van der Waals surface area contributed by atoms with Crippen LogP contribution in [0.5, 0.6) is 5.88 Å². The molecule has 1 aliphatic rings. The van der Waals surface area contributed by atoms with E-state index in [0.717, 1.165) is 17.0 Å². The van der Waals surface area contributed by atoms with Crippen LogP contribution < -0.4 is 4.74 Å². The van der Waals surface area contributed by atoms with Crippen molar-refractivity contribution in [1.82, 2.24) is 19.9 Å². The summed E-state index contributed by atoms with van der Waals surface area (Å²) in [6, 6.07) is 1.28. The molecule has 0 saturated carbocycles. The lowest BCUT2D eigenvalue weighted by Gasteiger charge is -2.34. The molecule has 7 nitrogen and oxygen atoms in total. The third-order valence-electron chi connectivity index (χ3n) is 4.65. The van der Waals surface area contributed by atoms with Crippen molar-refractivity contribution in [2.24, 2.45) is 0 Å². The van der Waals surface area contributed by atoms with Crippen LogP contribution in [0.3, 0.4) is 0 Å². The van der Waals surface area contributed by atoms with E-state index in [9.17, 15) is 18.0 Å². The molecule has 1 fully saturated rings. The van der Waals surface area contributed by atoms with Crippen molar-refractivity contribution in [2.45, 2.75) is 26.6 Å². The van der Waals surface area contributed by atoms with Crippen LogP contribution in [0.15, 0.2) is 16.8 Å². The average Bonchev–Trinajstić information content (AvgIpc) is 2.98. The molecule has 1 amide bonds. The number of aromatic nitrogens is 2. The second kappa shape index (κ2) is 8.58. The van der Waals surface area contributed by atoms with E-state index in [1.165, 1.54) is 12.3 Å². The Morgan fingerprint density at radius 3 is 2.52 bits per heavy atom. The van der Waals surface area contributed by atoms with Gasteiger partial charge in [-0.05, 0) is 19.9 Å². The standard InChI is InChI=1S/C18H20ClF3N4O3/c1-11-14(12(2)29-24-11)9-25-3-5-26(6-4-25)17(27)13-7-15(19)16(23-8-13)28-10-18(20,21)22/h7-8H,3-6,9-10H2,1-2H3. The first-order valence-electron chi connectivity index (χ1n) is 8.92. The van der Waals surface area contributed by atoms with Crippen LogP contribution in [0.4, 0.5) is 13.2 Å². The number of amides is 1. The fourth-order valence-corrected chi connectivity index (χ4v) is 3.26. The molecule has 29 heavy (non-hydrogen) atoms. The normalized spacial score (nSPS) is 15.6. The number of piperazine rings is 1. The number of carbonyl (C=O) groups excluding carboxylic acids is 1. The number of aryl methyl sites for hydroxylation is 2. The van der Waals surface area contributed by atoms with Gasteiger partial charge in [-0.25, -0.2) is 4.98 Å². The van der Waals surface area contributed by atoms with Gasteiger partial charge in [0, 0.05) is 44.5 Å². The summed E-state index contributed by atoms with van der Waals surface area (Å²) in [5, 5.41) is 3.81. The van der Waals surface area contributed by atoms with Crippen LogP contribution >= 0.6 is 11.6 Å². The first-order valence-corrected chi connectivity index (χ1v) is 9.30. The number of alkyl halides is 3. The molecule has 0 aromatic carbocycles. The maximum absolute atomic E-state index is 12.7. The Hall–Kier alpha value is -2.33. The maximum Gasteiger partial charge on any atom is 0.422 e. The minimum atomic E-state index is -4.50. The van der Waals surface area contributed by atoms with Gasteiger partial charge in [0.25, 0.3) is 5.91 Å². The Labute approximate surface area is 170 Å². The molecule has 3 rings (SSSR count). The fraction of sp³-hybridized carbons (Fsp3) is 0.500. The molecule has 158 valence electrons. The summed E-state index contributed by atoms with van der Waals surface area (Å²) in [5.41, 5.74) is 2.11. The minimum absolute atomic E-state index is 0.142. The molecule has 0 atom stereocenters. The lowest BCUT2D eigenvalue weighted by atomic mass is 10.1. The van der Waals surface area contributed by atoms with Crippen molar-refractivity contribution in [1.29, 1.82) is 0 Å². The van der Waals surface area contributed by atoms with Gasteiger partial charge in [0.15, 0.2) is 6.61 Å². The monoisotopic (exact) mass is 432 g/mol. The number of rotatable bonds is 5. The van der Waals surface area contributed by atoms with Crippen LogP contribution in [-0.2, 0) is 6.54 Å². The van der Waals surface area contributed by atoms with Crippen molar-refractivity contribution in [3.05, 3.63) is 39.9 Å². The number of hydrogen-bond donors (Lipinski definition) is 0. The van der Waals surface area contributed by atoms with Crippen LogP contribution in [0, 0.1) is 13.8 Å².